The lowest BCUT2D eigenvalue weighted by Gasteiger charge is -2.20. The Kier molecular flexibility index (Phi) is 7.02. The molecule has 0 atom stereocenters. The molecule has 0 fully saturated rings. The average molecular weight is 305 g/mol. The van der Waals surface area contributed by atoms with Crippen LogP contribution in [0, 0.1) is 5.82 Å². The van der Waals surface area contributed by atoms with E-state index in [0.29, 0.717) is 18.7 Å². The van der Waals surface area contributed by atoms with Crippen LogP contribution < -0.4 is 0 Å². The lowest BCUT2D eigenvalue weighted by molar-refractivity contribution is -0.147. The molecule has 0 bridgehead atoms. The molecule has 0 radical (unpaired) electrons. The first-order chi connectivity index (χ1) is 10.4. The number of halogens is 1. The summed E-state index contributed by atoms with van der Waals surface area (Å²) >= 11 is 0. The van der Waals surface area contributed by atoms with Crippen LogP contribution in [0.3, 0.4) is 0 Å². The summed E-state index contributed by atoms with van der Waals surface area (Å²) in [6.45, 7) is 8.07. The van der Waals surface area contributed by atoms with Gasteiger partial charge in [-0.05, 0) is 37.6 Å². The van der Waals surface area contributed by atoms with E-state index in [-0.39, 0.29) is 18.3 Å². The third kappa shape index (κ3) is 6.35. The molecular formula is C17H20FNO3. The van der Waals surface area contributed by atoms with Crippen molar-refractivity contribution in [1.29, 1.82) is 0 Å². The van der Waals surface area contributed by atoms with Crippen LogP contribution in [0.25, 0.3) is 6.08 Å². The highest BCUT2D eigenvalue weighted by molar-refractivity contribution is 5.89. The van der Waals surface area contributed by atoms with Gasteiger partial charge in [0.2, 0.25) is 0 Å². The van der Waals surface area contributed by atoms with Gasteiger partial charge in [-0.1, -0.05) is 24.3 Å². The number of nitrogens with zero attached hydrogens (tertiary/aromatic N) is 1. The molecule has 1 rings (SSSR count). The van der Waals surface area contributed by atoms with Crippen LogP contribution in [0.1, 0.15) is 19.4 Å². The fourth-order valence-electron chi connectivity index (χ4n) is 1.71. The Morgan fingerprint density at radius 1 is 1.32 bits per heavy atom. The van der Waals surface area contributed by atoms with E-state index in [9.17, 15) is 14.0 Å². The van der Waals surface area contributed by atoms with Gasteiger partial charge in [-0.15, -0.1) is 0 Å². The van der Waals surface area contributed by atoms with Gasteiger partial charge >= 0.3 is 5.97 Å². The van der Waals surface area contributed by atoms with Gasteiger partial charge < -0.3 is 9.64 Å². The van der Waals surface area contributed by atoms with Crippen molar-refractivity contribution < 1.29 is 18.7 Å². The largest absolute Gasteiger partial charge is 0.452 e. The fourth-order valence-corrected chi connectivity index (χ4v) is 1.71. The molecular weight excluding hydrogens is 285 g/mol. The third-order valence-corrected chi connectivity index (χ3v) is 2.81. The topological polar surface area (TPSA) is 46.6 Å². The van der Waals surface area contributed by atoms with Gasteiger partial charge in [-0.25, -0.2) is 9.18 Å². The summed E-state index contributed by atoms with van der Waals surface area (Å²) in [5, 5.41) is 0. The third-order valence-electron chi connectivity index (χ3n) is 2.81. The molecule has 0 aliphatic rings. The number of carbonyl (C=O) groups excluding carboxylic acids is 2. The average Bonchev–Trinajstić information content (AvgIpc) is 2.49. The zero-order valence-corrected chi connectivity index (χ0v) is 12.8. The van der Waals surface area contributed by atoms with Crippen molar-refractivity contribution >= 4 is 18.0 Å². The molecule has 0 unspecified atom stereocenters. The monoisotopic (exact) mass is 305 g/mol. The van der Waals surface area contributed by atoms with E-state index < -0.39 is 5.97 Å². The first-order valence-electron chi connectivity index (χ1n) is 6.95. The molecule has 1 aromatic carbocycles. The van der Waals surface area contributed by atoms with Crippen molar-refractivity contribution in [2.75, 3.05) is 19.7 Å². The van der Waals surface area contributed by atoms with Crippen LogP contribution in [0.4, 0.5) is 4.39 Å². The van der Waals surface area contributed by atoms with Crippen LogP contribution in [0.15, 0.2) is 42.5 Å². The van der Waals surface area contributed by atoms with E-state index in [1.54, 1.807) is 4.90 Å². The Bertz CT molecular complexity index is 564. The van der Waals surface area contributed by atoms with Gasteiger partial charge in [0.05, 0.1) is 0 Å². The van der Waals surface area contributed by atoms with Gasteiger partial charge in [0.25, 0.3) is 5.91 Å². The molecule has 1 amide bonds. The highest BCUT2D eigenvalue weighted by atomic mass is 19.1. The number of likely N-dealkylation sites (N-methyl/N-ethyl adjacent to an activating group) is 1. The van der Waals surface area contributed by atoms with Crippen LogP contribution in [0.2, 0.25) is 0 Å². The highest BCUT2D eigenvalue weighted by Gasteiger charge is 2.13. The van der Waals surface area contributed by atoms with Crippen molar-refractivity contribution in [3.05, 3.63) is 53.9 Å². The van der Waals surface area contributed by atoms with E-state index >= 15 is 0 Å². The predicted molar refractivity (Wildman–Crippen MR) is 83.5 cm³/mol. The summed E-state index contributed by atoms with van der Waals surface area (Å²) in [7, 11) is 0. The minimum atomic E-state index is -0.621. The van der Waals surface area contributed by atoms with Gasteiger partial charge in [-0.2, -0.15) is 0 Å². The maximum atomic E-state index is 12.7. The smallest absolute Gasteiger partial charge is 0.331 e. The number of benzene rings is 1. The van der Waals surface area contributed by atoms with E-state index in [1.165, 1.54) is 36.4 Å². The molecule has 0 saturated carbocycles. The molecule has 0 aromatic heterocycles. The predicted octanol–water partition coefficient (Wildman–Crippen LogP) is 2.81. The number of ether oxygens (including phenoxy) is 1. The van der Waals surface area contributed by atoms with Gasteiger partial charge in [0, 0.05) is 19.2 Å². The van der Waals surface area contributed by atoms with Gasteiger partial charge in [0.1, 0.15) is 5.82 Å². The molecule has 0 saturated heterocycles. The summed E-state index contributed by atoms with van der Waals surface area (Å²) < 4.78 is 17.6. The number of amides is 1. The standard InChI is InChI=1S/C17H20FNO3/c1-4-19(11-13(2)3)16(20)12-22-17(21)10-7-14-5-8-15(18)9-6-14/h5-10H,2,4,11-12H2,1,3H3/b10-7+. The molecule has 0 spiro atoms. The first kappa shape index (κ1) is 17.6. The maximum absolute atomic E-state index is 12.7. The number of hydrogen-bond donors (Lipinski definition) is 0. The number of carbonyl (C=O) groups is 2. The van der Waals surface area contributed by atoms with Crippen LogP contribution >= 0.6 is 0 Å². The molecule has 0 heterocycles. The van der Waals surface area contributed by atoms with Crippen molar-refractivity contribution in [2.24, 2.45) is 0 Å². The SMILES string of the molecule is C=C(C)CN(CC)C(=O)COC(=O)/C=C/c1ccc(F)cc1. The Morgan fingerprint density at radius 2 is 1.95 bits per heavy atom. The number of rotatable bonds is 7. The molecule has 0 N–H and O–H groups in total. The normalized spacial score (nSPS) is 10.5. The number of hydrogen-bond acceptors (Lipinski definition) is 3. The minimum absolute atomic E-state index is 0.269. The number of esters is 1. The molecule has 118 valence electrons. The van der Waals surface area contributed by atoms with Crippen molar-refractivity contribution in [3.8, 4) is 0 Å². The summed E-state index contributed by atoms with van der Waals surface area (Å²) in [5.41, 5.74) is 1.53. The highest BCUT2D eigenvalue weighted by Crippen LogP contribution is 2.05. The molecule has 0 aliphatic carbocycles. The fraction of sp³-hybridized carbons (Fsp3) is 0.294. The van der Waals surface area contributed by atoms with E-state index in [0.717, 1.165) is 5.57 Å². The van der Waals surface area contributed by atoms with Crippen molar-refractivity contribution in [2.45, 2.75) is 13.8 Å². The van der Waals surface area contributed by atoms with Crippen molar-refractivity contribution in [1.82, 2.24) is 4.90 Å². The van der Waals surface area contributed by atoms with E-state index in [2.05, 4.69) is 6.58 Å². The molecule has 1 aromatic rings. The Labute approximate surface area is 129 Å². The zero-order chi connectivity index (χ0) is 16.5. The minimum Gasteiger partial charge on any atom is -0.452 e. The van der Waals surface area contributed by atoms with E-state index in [4.69, 9.17) is 4.74 Å². The molecule has 22 heavy (non-hydrogen) atoms. The Balaban J connectivity index is 2.46. The quantitative estimate of drug-likeness (QED) is 0.442. The van der Waals surface area contributed by atoms with Crippen LogP contribution in [0.5, 0.6) is 0 Å². The zero-order valence-electron chi connectivity index (χ0n) is 12.8. The second-order valence-electron chi connectivity index (χ2n) is 4.86. The Morgan fingerprint density at radius 3 is 2.50 bits per heavy atom. The van der Waals surface area contributed by atoms with Gasteiger partial charge in [-0.3, -0.25) is 4.79 Å². The second-order valence-corrected chi connectivity index (χ2v) is 4.86. The Hall–Kier alpha value is -2.43. The lowest BCUT2D eigenvalue weighted by atomic mass is 10.2. The molecule has 5 heteroatoms. The van der Waals surface area contributed by atoms with Gasteiger partial charge in [0.15, 0.2) is 6.61 Å². The maximum Gasteiger partial charge on any atom is 0.331 e. The summed E-state index contributed by atoms with van der Waals surface area (Å²) in [4.78, 5) is 25.0. The lowest BCUT2D eigenvalue weighted by Crippen LogP contribution is -2.35. The second kappa shape index (κ2) is 8.77. The van der Waals surface area contributed by atoms with Crippen LogP contribution in [-0.2, 0) is 14.3 Å². The molecule has 4 nitrogen and oxygen atoms in total. The van der Waals surface area contributed by atoms with Crippen LogP contribution in [-0.4, -0.2) is 36.5 Å². The summed E-state index contributed by atoms with van der Waals surface area (Å²) in [5.74, 6) is -1.24. The molecule has 0 aliphatic heterocycles. The summed E-state index contributed by atoms with van der Waals surface area (Å²) in [6.07, 6.45) is 2.70. The van der Waals surface area contributed by atoms with E-state index in [1.807, 2.05) is 13.8 Å². The van der Waals surface area contributed by atoms with Crippen molar-refractivity contribution in [3.63, 3.8) is 0 Å². The first-order valence-corrected chi connectivity index (χ1v) is 6.95. The summed E-state index contributed by atoms with van der Waals surface area (Å²) in [6, 6.07) is 5.67.